The molecule has 1 unspecified atom stereocenters. The van der Waals surface area contributed by atoms with Gasteiger partial charge >= 0.3 is 0 Å². The first kappa shape index (κ1) is 16.7. The molecule has 2 heterocycles. The summed E-state index contributed by atoms with van der Waals surface area (Å²) in [5.74, 6) is 0.655. The highest BCUT2D eigenvalue weighted by Crippen LogP contribution is 2.26. The van der Waals surface area contributed by atoms with E-state index in [1.165, 1.54) is 13.2 Å². The molecule has 3 rings (SSSR count). The van der Waals surface area contributed by atoms with Gasteiger partial charge in [-0.3, -0.25) is 4.90 Å². The lowest BCUT2D eigenvalue weighted by Crippen LogP contribution is -2.44. The molecule has 2 aromatic rings. The van der Waals surface area contributed by atoms with Crippen LogP contribution < -0.4 is 10.1 Å². The van der Waals surface area contributed by atoms with Gasteiger partial charge in [0.1, 0.15) is 0 Å². The van der Waals surface area contributed by atoms with Gasteiger partial charge in [0.15, 0.2) is 17.4 Å². The summed E-state index contributed by atoms with van der Waals surface area (Å²) in [5, 5.41) is 7.31. The van der Waals surface area contributed by atoms with Crippen molar-refractivity contribution >= 4 is 12.4 Å². The lowest BCUT2D eigenvalue weighted by Gasteiger charge is -2.30. The zero-order valence-electron chi connectivity index (χ0n) is 12.4. The molecular formula is C14H18ClFN4O2. The molecule has 6 nitrogen and oxygen atoms in total. The van der Waals surface area contributed by atoms with Crippen LogP contribution in [0.5, 0.6) is 5.75 Å². The Hall–Kier alpha value is -1.70. The number of rotatable bonds is 3. The number of hydrogen-bond donors (Lipinski definition) is 1. The maximum Gasteiger partial charge on any atom is 0.258 e. The number of methoxy groups -OCH3 is 1. The number of likely N-dealkylation sites (N-methyl/N-ethyl adjacent to an activating group) is 1. The van der Waals surface area contributed by atoms with Gasteiger partial charge in [0.05, 0.1) is 13.2 Å². The summed E-state index contributed by atoms with van der Waals surface area (Å²) in [7, 11) is 3.45. The summed E-state index contributed by atoms with van der Waals surface area (Å²) in [6.45, 7) is 2.64. The summed E-state index contributed by atoms with van der Waals surface area (Å²) < 4.78 is 23.9. The number of aromatic nitrogens is 2. The van der Waals surface area contributed by atoms with Crippen molar-refractivity contribution in [2.45, 2.75) is 6.04 Å². The molecule has 1 aliphatic heterocycles. The second-order valence-electron chi connectivity index (χ2n) is 5.01. The molecule has 1 saturated heterocycles. The Labute approximate surface area is 134 Å². The molecule has 1 fully saturated rings. The third-order valence-electron chi connectivity index (χ3n) is 3.65. The number of piperazine rings is 1. The second-order valence-corrected chi connectivity index (χ2v) is 5.01. The largest absolute Gasteiger partial charge is 0.494 e. The quantitative estimate of drug-likeness (QED) is 0.928. The zero-order chi connectivity index (χ0) is 14.8. The smallest absolute Gasteiger partial charge is 0.258 e. The molecule has 0 bridgehead atoms. The van der Waals surface area contributed by atoms with Crippen molar-refractivity contribution in [1.29, 1.82) is 0 Å². The molecule has 1 atom stereocenters. The van der Waals surface area contributed by atoms with Crippen LogP contribution in [0.25, 0.3) is 11.5 Å². The van der Waals surface area contributed by atoms with Gasteiger partial charge in [-0.1, -0.05) is 5.16 Å². The monoisotopic (exact) mass is 328 g/mol. The van der Waals surface area contributed by atoms with E-state index in [2.05, 4.69) is 20.4 Å². The maximum absolute atomic E-state index is 13.7. The van der Waals surface area contributed by atoms with E-state index < -0.39 is 5.82 Å². The highest BCUT2D eigenvalue weighted by Gasteiger charge is 2.25. The molecule has 0 aliphatic carbocycles. The Bertz CT molecular complexity index is 637. The van der Waals surface area contributed by atoms with Crippen LogP contribution in [-0.4, -0.2) is 48.8 Å². The van der Waals surface area contributed by atoms with Crippen LogP contribution in [0.3, 0.4) is 0 Å². The van der Waals surface area contributed by atoms with E-state index in [0.717, 1.165) is 19.6 Å². The third kappa shape index (κ3) is 3.21. The lowest BCUT2D eigenvalue weighted by atomic mass is 10.2. The highest BCUT2D eigenvalue weighted by atomic mass is 35.5. The second kappa shape index (κ2) is 7.04. The van der Waals surface area contributed by atoms with Crippen molar-refractivity contribution in [1.82, 2.24) is 20.4 Å². The molecule has 1 aromatic carbocycles. The molecule has 8 heteroatoms. The van der Waals surface area contributed by atoms with Crippen molar-refractivity contribution in [3.8, 4) is 17.2 Å². The number of halogens is 2. The predicted molar refractivity (Wildman–Crippen MR) is 81.7 cm³/mol. The van der Waals surface area contributed by atoms with Crippen LogP contribution in [0.4, 0.5) is 4.39 Å². The lowest BCUT2D eigenvalue weighted by molar-refractivity contribution is 0.190. The first-order chi connectivity index (χ1) is 10.2. The van der Waals surface area contributed by atoms with Gasteiger partial charge in [-0.25, -0.2) is 4.39 Å². The number of hydrogen-bond acceptors (Lipinski definition) is 6. The first-order valence-electron chi connectivity index (χ1n) is 6.77. The summed E-state index contributed by atoms with van der Waals surface area (Å²) in [6, 6.07) is 4.64. The van der Waals surface area contributed by atoms with Crippen molar-refractivity contribution in [3.63, 3.8) is 0 Å². The number of nitrogens with one attached hydrogen (secondary N) is 1. The summed E-state index contributed by atoms with van der Waals surface area (Å²) in [5.41, 5.74) is 0.540. The topological polar surface area (TPSA) is 63.4 Å². The minimum absolute atomic E-state index is 0. The van der Waals surface area contributed by atoms with Gasteiger partial charge in [-0.2, -0.15) is 4.98 Å². The van der Waals surface area contributed by atoms with Gasteiger partial charge < -0.3 is 14.6 Å². The highest BCUT2D eigenvalue weighted by molar-refractivity contribution is 5.85. The molecule has 1 aromatic heterocycles. The average molecular weight is 329 g/mol. The van der Waals surface area contributed by atoms with Gasteiger partial charge in [-0.15, -0.1) is 12.4 Å². The van der Waals surface area contributed by atoms with E-state index in [0.29, 0.717) is 17.3 Å². The third-order valence-corrected chi connectivity index (χ3v) is 3.65. The standard InChI is InChI=1S/C14H17FN4O2.ClH/c1-19-6-5-16-8-11(19)13-17-14(21-18-13)9-3-4-12(20-2)10(15)7-9;/h3-4,7,11,16H,5-6,8H2,1-2H3;1H. The molecule has 1 N–H and O–H groups in total. The number of benzene rings is 1. The van der Waals surface area contributed by atoms with E-state index in [1.807, 2.05) is 7.05 Å². The fourth-order valence-corrected chi connectivity index (χ4v) is 2.38. The molecule has 0 saturated carbocycles. The summed E-state index contributed by atoms with van der Waals surface area (Å²) in [6.07, 6.45) is 0. The van der Waals surface area contributed by atoms with E-state index in [9.17, 15) is 4.39 Å². The van der Waals surface area contributed by atoms with E-state index in [1.54, 1.807) is 12.1 Å². The van der Waals surface area contributed by atoms with Crippen LogP contribution in [0.2, 0.25) is 0 Å². The van der Waals surface area contributed by atoms with Gasteiger partial charge in [-0.05, 0) is 25.2 Å². The Morgan fingerprint density at radius 2 is 2.27 bits per heavy atom. The molecule has 0 spiro atoms. The van der Waals surface area contributed by atoms with E-state index in [-0.39, 0.29) is 24.2 Å². The summed E-state index contributed by atoms with van der Waals surface area (Å²) >= 11 is 0. The average Bonchev–Trinajstić information content (AvgIpc) is 2.97. The zero-order valence-corrected chi connectivity index (χ0v) is 13.2. The Morgan fingerprint density at radius 1 is 1.45 bits per heavy atom. The minimum atomic E-state index is -0.453. The van der Waals surface area contributed by atoms with Crippen molar-refractivity contribution in [3.05, 3.63) is 29.8 Å². The Kier molecular flexibility index (Phi) is 5.33. The van der Waals surface area contributed by atoms with Crippen molar-refractivity contribution in [2.24, 2.45) is 0 Å². The van der Waals surface area contributed by atoms with Crippen LogP contribution >= 0.6 is 12.4 Å². The van der Waals surface area contributed by atoms with Gasteiger partial charge in [0.25, 0.3) is 5.89 Å². The fraction of sp³-hybridized carbons (Fsp3) is 0.429. The summed E-state index contributed by atoms with van der Waals surface area (Å²) in [4.78, 5) is 6.55. The molecule has 22 heavy (non-hydrogen) atoms. The molecule has 1 aliphatic rings. The first-order valence-corrected chi connectivity index (χ1v) is 6.77. The van der Waals surface area contributed by atoms with Gasteiger partial charge in [0, 0.05) is 25.2 Å². The van der Waals surface area contributed by atoms with Crippen molar-refractivity contribution < 1.29 is 13.7 Å². The normalized spacial score (nSPS) is 18.8. The maximum atomic E-state index is 13.7. The SMILES string of the molecule is COc1ccc(-c2nc(C3CNCCN3C)no2)cc1F.Cl. The fourth-order valence-electron chi connectivity index (χ4n) is 2.38. The van der Waals surface area contributed by atoms with Crippen LogP contribution in [0.15, 0.2) is 22.7 Å². The van der Waals surface area contributed by atoms with Gasteiger partial charge in [0.2, 0.25) is 0 Å². The van der Waals surface area contributed by atoms with Crippen LogP contribution in [0.1, 0.15) is 11.9 Å². The molecule has 0 radical (unpaired) electrons. The van der Waals surface area contributed by atoms with E-state index in [4.69, 9.17) is 9.26 Å². The number of ether oxygens (including phenoxy) is 1. The molecule has 120 valence electrons. The Balaban J connectivity index is 0.00000176. The van der Waals surface area contributed by atoms with Crippen LogP contribution in [0, 0.1) is 5.82 Å². The van der Waals surface area contributed by atoms with Crippen LogP contribution in [-0.2, 0) is 0 Å². The van der Waals surface area contributed by atoms with E-state index >= 15 is 0 Å². The minimum Gasteiger partial charge on any atom is -0.494 e. The Morgan fingerprint density at radius 3 is 2.95 bits per heavy atom. The molecular weight excluding hydrogens is 311 g/mol. The molecule has 0 amide bonds. The van der Waals surface area contributed by atoms with Crippen molar-refractivity contribution in [2.75, 3.05) is 33.8 Å². The number of nitrogens with zero attached hydrogens (tertiary/aromatic N) is 3. The predicted octanol–water partition coefficient (Wildman–Crippen LogP) is 1.88.